The van der Waals surface area contributed by atoms with Crippen molar-refractivity contribution in [2.45, 2.75) is 31.8 Å². The van der Waals surface area contributed by atoms with Crippen molar-refractivity contribution in [2.75, 3.05) is 0 Å². The summed E-state index contributed by atoms with van der Waals surface area (Å²) < 4.78 is 0. The lowest BCUT2D eigenvalue weighted by Crippen LogP contribution is -2.31. The average Bonchev–Trinajstić information content (AvgIpc) is 1.58. The average molecular weight is 183 g/mol. The number of hydrogen-bond acceptors (Lipinski definition) is 3. The summed E-state index contributed by atoms with van der Waals surface area (Å²) in [6, 6.07) is -0.327. The molecule has 0 saturated carbocycles. The molecule has 11 heavy (non-hydrogen) atoms. The minimum atomic E-state index is -0.867. The second-order valence-electron chi connectivity index (χ2n) is 2.57. The summed E-state index contributed by atoms with van der Waals surface area (Å²) in [6.07, 6.45) is 0.563. The van der Waals surface area contributed by atoms with Crippen molar-refractivity contribution in [3.05, 3.63) is 0 Å². The molecule has 0 amide bonds. The molecule has 0 bridgehead atoms. The number of carboxylic acid groups (broad SMARTS) is 1. The Morgan fingerprint density at radius 1 is 1.55 bits per heavy atom. The summed E-state index contributed by atoms with van der Waals surface area (Å²) in [5.41, 5.74) is 10.8. The SMILES string of the molecule is C[C@H](N)C[C@H](N)CC(=O)O.Cl. The Morgan fingerprint density at radius 2 is 2.00 bits per heavy atom. The van der Waals surface area contributed by atoms with Gasteiger partial charge in [0.2, 0.25) is 0 Å². The summed E-state index contributed by atoms with van der Waals surface area (Å²) >= 11 is 0. The Hall–Kier alpha value is -0.320. The van der Waals surface area contributed by atoms with E-state index in [1.807, 2.05) is 6.92 Å². The third-order valence-electron chi connectivity index (χ3n) is 1.11. The topological polar surface area (TPSA) is 89.3 Å². The van der Waals surface area contributed by atoms with E-state index in [2.05, 4.69) is 0 Å². The molecule has 0 radical (unpaired) electrons. The number of hydrogen-bond donors (Lipinski definition) is 3. The number of nitrogens with two attached hydrogens (primary N) is 2. The Bertz CT molecular complexity index is 119. The molecule has 0 unspecified atom stereocenters. The predicted octanol–water partition coefficient (Wildman–Crippen LogP) is -0.0525. The van der Waals surface area contributed by atoms with Crippen LogP contribution in [0.25, 0.3) is 0 Å². The second kappa shape index (κ2) is 6.39. The van der Waals surface area contributed by atoms with Crippen molar-refractivity contribution < 1.29 is 9.90 Å². The summed E-state index contributed by atoms with van der Waals surface area (Å²) in [6.45, 7) is 1.81. The molecule has 0 aromatic heterocycles. The van der Waals surface area contributed by atoms with Gasteiger partial charge in [0, 0.05) is 12.1 Å². The largest absolute Gasteiger partial charge is 0.481 e. The third-order valence-corrected chi connectivity index (χ3v) is 1.11. The number of aliphatic carboxylic acids is 1. The summed E-state index contributed by atoms with van der Waals surface area (Å²) in [4.78, 5) is 10.1. The quantitative estimate of drug-likeness (QED) is 0.569. The Balaban J connectivity index is 0. The van der Waals surface area contributed by atoms with E-state index in [0.29, 0.717) is 6.42 Å². The first-order valence-electron chi connectivity index (χ1n) is 3.25. The second-order valence-corrected chi connectivity index (χ2v) is 2.57. The van der Waals surface area contributed by atoms with Crippen LogP contribution in [0.15, 0.2) is 0 Å². The van der Waals surface area contributed by atoms with E-state index in [4.69, 9.17) is 16.6 Å². The number of halogens is 1. The van der Waals surface area contributed by atoms with Crippen LogP contribution in [0.1, 0.15) is 19.8 Å². The molecular formula is C6H15ClN2O2. The van der Waals surface area contributed by atoms with Gasteiger partial charge in [-0.1, -0.05) is 0 Å². The number of carbonyl (C=O) groups is 1. The molecule has 5 N–H and O–H groups in total. The fourth-order valence-electron chi connectivity index (χ4n) is 0.785. The minimum absolute atomic E-state index is 0. The van der Waals surface area contributed by atoms with Crippen LogP contribution in [0.3, 0.4) is 0 Å². The van der Waals surface area contributed by atoms with Crippen LogP contribution in [0.5, 0.6) is 0 Å². The van der Waals surface area contributed by atoms with E-state index < -0.39 is 5.97 Å². The van der Waals surface area contributed by atoms with Crippen LogP contribution in [0.2, 0.25) is 0 Å². The maximum Gasteiger partial charge on any atom is 0.304 e. The summed E-state index contributed by atoms with van der Waals surface area (Å²) in [5.74, 6) is -0.867. The monoisotopic (exact) mass is 182 g/mol. The zero-order valence-electron chi connectivity index (χ0n) is 6.49. The molecule has 0 aromatic carbocycles. The van der Waals surface area contributed by atoms with Gasteiger partial charge in [0.15, 0.2) is 0 Å². The molecule has 0 aliphatic carbocycles. The van der Waals surface area contributed by atoms with Crippen molar-refractivity contribution in [2.24, 2.45) is 11.5 Å². The summed E-state index contributed by atoms with van der Waals surface area (Å²) in [7, 11) is 0. The highest BCUT2D eigenvalue weighted by Gasteiger charge is 2.09. The number of rotatable bonds is 4. The van der Waals surface area contributed by atoms with Crippen molar-refractivity contribution in [1.82, 2.24) is 0 Å². The lowest BCUT2D eigenvalue weighted by molar-refractivity contribution is -0.137. The van der Waals surface area contributed by atoms with Gasteiger partial charge < -0.3 is 16.6 Å². The van der Waals surface area contributed by atoms with Gasteiger partial charge in [0.25, 0.3) is 0 Å². The van der Waals surface area contributed by atoms with E-state index in [1.165, 1.54) is 0 Å². The van der Waals surface area contributed by atoms with Crippen LogP contribution in [0.4, 0.5) is 0 Å². The molecule has 2 atom stereocenters. The zero-order valence-corrected chi connectivity index (χ0v) is 7.30. The minimum Gasteiger partial charge on any atom is -0.481 e. The van der Waals surface area contributed by atoms with Crippen LogP contribution in [0, 0.1) is 0 Å². The molecule has 0 spiro atoms. The molecule has 0 saturated heterocycles. The maximum atomic E-state index is 10.1. The molecule has 68 valence electrons. The Morgan fingerprint density at radius 3 is 2.27 bits per heavy atom. The van der Waals surface area contributed by atoms with Crippen LogP contribution in [-0.2, 0) is 4.79 Å². The van der Waals surface area contributed by atoms with E-state index in [0.717, 1.165) is 0 Å². The van der Waals surface area contributed by atoms with Gasteiger partial charge in [0.05, 0.1) is 6.42 Å². The molecule has 0 rings (SSSR count). The first-order chi connectivity index (χ1) is 4.52. The molecule has 4 nitrogen and oxygen atoms in total. The maximum absolute atomic E-state index is 10.1. The molecule has 0 aliphatic rings. The predicted molar refractivity (Wildman–Crippen MR) is 45.7 cm³/mol. The highest BCUT2D eigenvalue weighted by molar-refractivity contribution is 5.85. The van der Waals surface area contributed by atoms with Crippen molar-refractivity contribution in [1.29, 1.82) is 0 Å². The van der Waals surface area contributed by atoms with Gasteiger partial charge in [-0.3, -0.25) is 4.79 Å². The molecule has 0 fully saturated rings. The zero-order chi connectivity index (χ0) is 8.15. The molecule has 5 heteroatoms. The van der Waals surface area contributed by atoms with Crippen LogP contribution < -0.4 is 11.5 Å². The number of carboxylic acids is 1. The van der Waals surface area contributed by atoms with Gasteiger partial charge in [-0.2, -0.15) is 0 Å². The van der Waals surface area contributed by atoms with E-state index in [-0.39, 0.29) is 30.9 Å². The smallest absolute Gasteiger partial charge is 0.304 e. The van der Waals surface area contributed by atoms with Gasteiger partial charge >= 0.3 is 5.97 Å². The van der Waals surface area contributed by atoms with Crippen molar-refractivity contribution in [3.63, 3.8) is 0 Å². The highest BCUT2D eigenvalue weighted by atomic mass is 35.5. The highest BCUT2D eigenvalue weighted by Crippen LogP contribution is 1.96. The fraction of sp³-hybridized carbons (Fsp3) is 0.833. The van der Waals surface area contributed by atoms with Crippen molar-refractivity contribution >= 4 is 18.4 Å². The van der Waals surface area contributed by atoms with Crippen LogP contribution >= 0.6 is 12.4 Å². The Labute approximate surface area is 72.4 Å². The first kappa shape index (κ1) is 13.3. The van der Waals surface area contributed by atoms with E-state index in [1.54, 1.807) is 0 Å². The third kappa shape index (κ3) is 9.68. The van der Waals surface area contributed by atoms with Gasteiger partial charge in [-0.05, 0) is 13.3 Å². The van der Waals surface area contributed by atoms with E-state index >= 15 is 0 Å². The van der Waals surface area contributed by atoms with Gasteiger partial charge in [-0.15, -0.1) is 12.4 Å². The lowest BCUT2D eigenvalue weighted by atomic mass is 10.1. The van der Waals surface area contributed by atoms with Crippen molar-refractivity contribution in [3.8, 4) is 0 Å². The van der Waals surface area contributed by atoms with Gasteiger partial charge in [0.1, 0.15) is 0 Å². The molecule has 0 heterocycles. The lowest BCUT2D eigenvalue weighted by Gasteiger charge is -2.10. The van der Waals surface area contributed by atoms with E-state index in [9.17, 15) is 4.79 Å². The molecular weight excluding hydrogens is 168 g/mol. The molecule has 0 aromatic rings. The van der Waals surface area contributed by atoms with Crippen LogP contribution in [-0.4, -0.2) is 23.2 Å². The standard InChI is InChI=1S/C6H14N2O2.ClH/c1-4(7)2-5(8)3-6(9)10;/h4-5H,2-3,7-8H2,1H3,(H,9,10);1H/t4-,5-;/m0./s1. The summed E-state index contributed by atoms with van der Waals surface area (Å²) in [5, 5.41) is 8.28. The fourth-order valence-corrected chi connectivity index (χ4v) is 0.785. The first-order valence-corrected chi connectivity index (χ1v) is 3.25. The Kier molecular flexibility index (Phi) is 7.72. The molecule has 0 aliphatic heterocycles. The van der Waals surface area contributed by atoms with Gasteiger partial charge in [-0.25, -0.2) is 0 Å². The normalized spacial score (nSPS) is 14.8.